The molecule has 3 aromatic carbocycles. The van der Waals surface area contributed by atoms with Crippen molar-refractivity contribution in [2.45, 2.75) is 31.6 Å². The van der Waals surface area contributed by atoms with Crippen molar-refractivity contribution in [3.63, 3.8) is 0 Å². The van der Waals surface area contributed by atoms with Crippen LogP contribution >= 0.6 is 0 Å². The molecule has 0 fully saturated rings. The van der Waals surface area contributed by atoms with Gasteiger partial charge in [-0.15, -0.1) is 0 Å². The number of amides is 1. The van der Waals surface area contributed by atoms with Crippen LogP contribution in [-0.4, -0.2) is 20.9 Å². The van der Waals surface area contributed by atoms with Crippen LogP contribution in [0.25, 0.3) is 0 Å². The van der Waals surface area contributed by atoms with Crippen LogP contribution < -0.4 is 10.0 Å². The van der Waals surface area contributed by atoms with Gasteiger partial charge in [0.05, 0.1) is 18.1 Å². The summed E-state index contributed by atoms with van der Waals surface area (Å²) >= 11 is 0. The number of benzene rings is 3. The third kappa shape index (κ3) is 6.49. The van der Waals surface area contributed by atoms with Crippen LogP contribution in [0.5, 0.6) is 0 Å². The van der Waals surface area contributed by atoms with Crippen molar-refractivity contribution >= 4 is 15.9 Å². The molecule has 2 N–H and O–H groups in total. The smallest absolute Gasteiger partial charge is 0.251 e. The van der Waals surface area contributed by atoms with E-state index in [1.54, 1.807) is 6.92 Å². The van der Waals surface area contributed by atoms with Crippen molar-refractivity contribution in [3.05, 3.63) is 101 Å². The average molecular weight is 439 g/mol. The first-order valence-electron chi connectivity index (χ1n) is 10.1. The fourth-order valence-corrected chi connectivity index (χ4v) is 4.10. The molecule has 0 heterocycles. The van der Waals surface area contributed by atoms with E-state index in [2.05, 4.69) is 10.0 Å². The SMILES string of the molecule is CCNS(=O)(=O)c1ccc(C(=O)NCc2ccccc2COCc2ccccc2)cc1. The van der Waals surface area contributed by atoms with Crippen molar-refractivity contribution in [3.8, 4) is 0 Å². The molecule has 0 aliphatic heterocycles. The molecule has 0 aromatic heterocycles. The summed E-state index contributed by atoms with van der Waals surface area (Å²) in [4.78, 5) is 12.6. The van der Waals surface area contributed by atoms with Gasteiger partial charge in [-0.05, 0) is 41.0 Å². The number of ether oxygens (including phenoxy) is 1. The van der Waals surface area contributed by atoms with Crippen molar-refractivity contribution < 1.29 is 17.9 Å². The van der Waals surface area contributed by atoms with E-state index < -0.39 is 10.0 Å². The molecule has 0 radical (unpaired) electrons. The van der Waals surface area contributed by atoms with Crippen molar-refractivity contribution in [2.24, 2.45) is 0 Å². The highest BCUT2D eigenvalue weighted by atomic mass is 32.2. The Balaban J connectivity index is 1.58. The van der Waals surface area contributed by atoms with E-state index in [1.807, 2.05) is 54.6 Å². The number of hydrogen-bond donors (Lipinski definition) is 2. The predicted molar refractivity (Wildman–Crippen MR) is 120 cm³/mol. The third-order valence-electron chi connectivity index (χ3n) is 4.69. The van der Waals surface area contributed by atoms with Gasteiger partial charge >= 0.3 is 0 Å². The number of sulfonamides is 1. The molecule has 0 saturated heterocycles. The Kier molecular flexibility index (Phi) is 7.94. The van der Waals surface area contributed by atoms with Gasteiger partial charge in [-0.1, -0.05) is 61.5 Å². The first-order chi connectivity index (χ1) is 15.0. The van der Waals surface area contributed by atoms with Gasteiger partial charge in [-0.2, -0.15) is 0 Å². The topological polar surface area (TPSA) is 84.5 Å². The molecule has 6 nitrogen and oxygen atoms in total. The Labute approximate surface area is 183 Å². The van der Waals surface area contributed by atoms with Crippen LogP contribution in [-0.2, 0) is 34.5 Å². The lowest BCUT2D eigenvalue weighted by molar-refractivity contribution is 0.0947. The number of carbonyl (C=O) groups excluding carboxylic acids is 1. The quantitative estimate of drug-likeness (QED) is 0.506. The molecule has 0 bridgehead atoms. The van der Waals surface area contributed by atoms with E-state index in [4.69, 9.17) is 4.74 Å². The molecular weight excluding hydrogens is 412 g/mol. The molecule has 162 valence electrons. The maximum atomic E-state index is 12.5. The standard InChI is InChI=1S/C24H26N2O4S/c1-2-26-31(28,29)23-14-12-20(13-15-23)24(27)25-16-21-10-6-7-11-22(21)18-30-17-19-8-4-3-5-9-19/h3-15,26H,2,16-18H2,1H3,(H,25,27). The lowest BCUT2D eigenvalue weighted by atomic mass is 10.1. The first kappa shape index (κ1) is 22.7. The number of hydrogen-bond acceptors (Lipinski definition) is 4. The van der Waals surface area contributed by atoms with Crippen LogP contribution in [0.1, 0.15) is 34.0 Å². The minimum absolute atomic E-state index is 0.131. The second-order valence-electron chi connectivity index (χ2n) is 6.96. The van der Waals surface area contributed by atoms with Gasteiger partial charge in [-0.25, -0.2) is 13.1 Å². The van der Waals surface area contributed by atoms with Crippen molar-refractivity contribution in [2.75, 3.05) is 6.54 Å². The molecule has 0 saturated carbocycles. The molecule has 0 atom stereocenters. The zero-order valence-corrected chi connectivity index (χ0v) is 18.2. The minimum atomic E-state index is -3.54. The van der Waals surface area contributed by atoms with Crippen molar-refractivity contribution in [1.29, 1.82) is 0 Å². The van der Waals surface area contributed by atoms with E-state index in [0.29, 0.717) is 31.9 Å². The van der Waals surface area contributed by atoms with Crippen LogP contribution in [0.15, 0.2) is 83.8 Å². The molecule has 0 aliphatic rings. The van der Waals surface area contributed by atoms with Gasteiger partial charge in [0.1, 0.15) is 0 Å². The highest BCUT2D eigenvalue weighted by Gasteiger charge is 2.14. The summed E-state index contributed by atoms with van der Waals surface area (Å²) in [6.07, 6.45) is 0. The van der Waals surface area contributed by atoms with Crippen molar-refractivity contribution in [1.82, 2.24) is 10.0 Å². The van der Waals surface area contributed by atoms with Crippen LogP contribution in [0.4, 0.5) is 0 Å². The van der Waals surface area contributed by atoms with E-state index in [-0.39, 0.29) is 10.8 Å². The average Bonchev–Trinajstić information content (AvgIpc) is 2.79. The van der Waals surface area contributed by atoms with Gasteiger partial charge in [-0.3, -0.25) is 4.79 Å². The summed E-state index contributed by atoms with van der Waals surface area (Å²) in [6.45, 7) is 3.33. The zero-order chi connectivity index (χ0) is 22.1. The Morgan fingerprint density at radius 2 is 1.48 bits per heavy atom. The van der Waals surface area contributed by atoms with E-state index in [9.17, 15) is 13.2 Å². The molecule has 3 rings (SSSR count). The second-order valence-corrected chi connectivity index (χ2v) is 8.72. The van der Waals surface area contributed by atoms with Gasteiger partial charge in [0.25, 0.3) is 5.91 Å². The largest absolute Gasteiger partial charge is 0.372 e. The second kappa shape index (κ2) is 10.9. The third-order valence-corrected chi connectivity index (χ3v) is 6.25. The molecule has 0 aliphatic carbocycles. The van der Waals surface area contributed by atoms with E-state index in [1.165, 1.54) is 24.3 Å². The Bertz CT molecular complexity index is 1100. The van der Waals surface area contributed by atoms with Gasteiger partial charge in [0.15, 0.2) is 0 Å². The summed E-state index contributed by atoms with van der Waals surface area (Å²) in [5, 5.41) is 2.89. The maximum absolute atomic E-state index is 12.5. The lowest BCUT2D eigenvalue weighted by Gasteiger charge is -2.12. The van der Waals surface area contributed by atoms with Gasteiger partial charge in [0.2, 0.25) is 10.0 Å². The summed E-state index contributed by atoms with van der Waals surface area (Å²) in [6, 6.07) is 23.6. The molecule has 3 aromatic rings. The Hall–Kier alpha value is -3.00. The normalized spacial score (nSPS) is 11.3. The monoisotopic (exact) mass is 438 g/mol. The molecule has 1 amide bonds. The van der Waals surface area contributed by atoms with Crippen LogP contribution in [0, 0.1) is 0 Å². The molecule has 0 unspecified atom stereocenters. The summed E-state index contributed by atoms with van der Waals surface area (Å²) in [5.41, 5.74) is 3.47. The predicted octanol–water partition coefficient (Wildman–Crippen LogP) is 3.63. The van der Waals surface area contributed by atoms with Gasteiger partial charge < -0.3 is 10.1 Å². The van der Waals surface area contributed by atoms with Crippen LogP contribution in [0.2, 0.25) is 0 Å². The summed E-state index contributed by atoms with van der Waals surface area (Å²) in [5.74, 6) is -0.271. The number of carbonyl (C=O) groups is 1. The van der Waals surface area contributed by atoms with E-state index >= 15 is 0 Å². The number of nitrogens with one attached hydrogen (secondary N) is 2. The van der Waals surface area contributed by atoms with E-state index in [0.717, 1.165) is 16.7 Å². The maximum Gasteiger partial charge on any atom is 0.251 e. The summed E-state index contributed by atoms with van der Waals surface area (Å²) < 4.78 is 32.3. The first-order valence-corrected chi connectivity index (χ1v) is 11.5. The molecule has 7 heteroatoms. The Morgan fingerprint density at radius 1 is 0.839 bits per heavy atom. The summed E-state index contributed by atoms with van der Waals surface area (Å²) in [7, 11) is -3.54. The molecule has 31 heavy (non-hydrogen) atoms. The molecule has 0 spiro atoms. The highest BCUT2D eigenvalue weighted by Crippen LogP contribution is 2.13. The minimum Gasteiger partial charge on any atom is -0.372 e. The molecular formula is C24H26N2O4S. The fraction of sp³-hybridized carbons (Fsp3) is 0.208. The zero-order valence-electron chi connectivity index (χ0n) is 17.4. The number of rotatable bonds is 10. The Morgan fingerprint density at radius 3 is 2.16 bits per heavy atom. The fourth-order valence-electron chi connectivity index (χ4n) is 3.06. The van der Waals surface area contributed by atoms with Gasteiger partial charge in [0, 0.05) is 18.7 Å². The van der Waals surface area contributed by atoms with Crippen LogP contribution in [0.3, 0.4) is 0 Å². The highest BCUT2D eigenvalue weighted by molar-refractivity contribution is 7.89. The lowest BCUT2D eigenvalue weighted by Crippen LogP contribution is -2.25.